The number of amides is 1. The second kappa shape index (κ2) is 6.33. The van der Waals surface area contributed by atoms with Crippen molar-refractivity contribution in [1.29, 1.82) is 0 Å². The van der Waals surface area contributed by atoms with Crippen LogP contribution in [0.25, 0.3) is 5.57 Å². The number of hydrogen-bond donors (Lipinski definition) is 0. The van der Waals surface area contributed by atoms with Gasteiger partial charge in [-0.05, 0) is 43.5 Å². The summed E-state index contributed by atoms with van der Waals surface area (Å²) >= 11 is 6.13. The molecule has 2 aromatic carbocycles. The van der Waals surface area contributed by atoms with E-state index in [2.05, 4.69) is 4.90 Å². The molecule has 1 saturated heterocycles. The molecule has 3 nitrogen and oxygen atoms in total. The van der Waals surface area contributed by atoms with Crippen LogP contribution >= 0.6 is 11.6 Å². The van der Waals surface area contributed by atoms with Crippen molar-refractivity contribution in [2.45, 2.75) is 19.3 Å². The summed E-state index contributed by atoms with van der Waals surface area (Å²) in [6.45, 7) is 2.05. The molecule has 24 heavy (non-hydrogen) atoms. The largest absolute Gasteiger partial charge is 0.377 e. The first-order valence-electron chi connectivity index (χ1n) is 8.39. The molecule has 4 rings (SSSR count). The van der Waals surface area contributed by atoms with Gasteiger partial charge in [0.05, 0.1) is 16.9 Å². The third kappa shape index (κ3) is 2.69. The Morgan fingerprint density at radius 3 is 2.54 bits per heavy atom. The highest BCUT2D eigenvalue weighted by molar-refractivity contribution is 6.35. The summed E-state index contributed by atoms with van der Waals surface area (Å²) in [5.74, 6) is 0.0176. The fourth-order valence-electron chi connectivity index (χ4n) is 3.47. The molecular weight excluding hydrogens is 320 g/mol. The second-order valence-corrected chi connectivity index (χ2v) is 6.71. The van der Waals surface area contributed by atoms with Crippen molar-refractivity contribution in [2.24, 2.45) is 0 Å². The fourth-order valence-corrected chi connectivity index (χ4v) is 3.65. The summed E-state index contributed by atoms with van der Waals surface area (Å²) in [7, 11) is 0. The molecule has 0 spiro atoms. The molecule has 0 unspecified atom stereocenters. The molecule has 2 aliphatic heterocycles. The van der Waals surface area contributed by atoms with Gasteiger partial charge in [-0.15, -0.1) is 0 Å². The summed E-state index contributed by atoms with van der Waals surface area (Å²) in [6, 6.07) is 15.4. The average molecular weight is 339 g/mol. The highest BCUT2D eigenvalue weighted by Crippen LogP contribution is 2.42. The SMILES string of the molecule is O=C1C(=CN2CCCCC2)c2ccccc2N1c1cccc(Cl)c1. The maximum absolute atomic E-state index is 13.1. The van der Waals surface area contributed by atoms with Gasteiger partial charge in [-0.1, -0.05) is 35.9 Å². The molecule has 122 valence electrons. The Kier molecular flexibility index (Phi) is 4.03. The van der Waals surface area contributed by atoms with Crippen LogP contribution in [0.5, 0.6) is 0 Å². The quantitative estimate of drug-likeness (QED) is 0.731. The van der Waals surface area contributed by atoms with Crippen molar-refractivity contribution in [2.75, 3.05) is 18.0 Å². The molecule has 2 aromatic rings. The predicted octanol–water partition coefficient (Wildman–Crippen LogP) is 4.85. The summed E-state index contributed by atoms with van der Waals surface area (Å²) in [4.78, 5) is 17.2. The Labute approximate surface area is 147 Å². The Morgan fingerprint density at radius 2 is 1.75 bits per heavy atom. The maximum atomic E-state index is 13.1. The Hall–Kier alpha value is -2.26. The smallest absolute Gasteiger partial charge is 0.265 e. The number of hydrogen-bond acceptors (Lipinski definition) is 2. The number of rotatable bonds is 2. The van der Waals surface area contributed by atoms with Crippen molar-refractivity contribution in [1.82, 2.24) is 4.90 Å². The Morgan fingerprint density at radius 1 is 0.958 bits per heavy atom. The van der Waals surface area contributed by atoms with Gasteiger partial charge in [-0.2, -0.15) is 0 Å². The van der Waals surface area contributed by atoms with E-state index in [-0.39, 0.29) is 5.91 Å². The molecule has 0 bridgehead atoms. The molecule has 4 heteroatoms. The molecule has 0 radical (unpaired) electrons. The molecule has 1 fully saturated rings. The van der Waals surface area contributed by atoms with Gasteiger partial charge in [-0.25, -0.2) is 0 Å². The van der Waals surface area contributed by atoms with Gasteiger partial charge >= 0.3 is 0 Å². The van der Waals surface area contributed by atoms with E-state index in [1.165, 1.54) is 19.3 Å². The number of halogens is 1. The van der Waals surface area contributed by atoms with Crippen LogP contribution in [0.3, 0.4) is 0 Å². The molecule has 1 amide bonds. The predicted molar refractivity (Wildman–Crippen MR) is 98.4 cm³/mol. The van der Waals surface area contributed by atoms with E-state index in [1.807, 2.05) is 54.7 Å². The van der Waals surface area contributed by atoms with E-state index in [0.717, 1.165) is 35.6 Å². The number of fused-ring (bicyclic) bond motifs is 1. The van der Waals surface area contributed by atoms with Crippen LogP contribution in [0, 0.1) is 0 Å². The van der Waals surface area contributed by atoms with E-state index in [0.29, 0.717) is 5.02 Å². The Bertz CT molecular complexity index is 809. The van der Waals surface area contributed by atoms with Gasteiger partial charge < -0.3 is 4.90 Å². The molecular formula is C20H19ClN2O. The van der Waals surface area contributed by atoms with Crippen LogP contribution in [-0.2, 0) is 4.79 Å². The van der Waals surface area contributed by atoms with Gasteiger partial charge in [0, 0.05) is 29.9 Å². The lowest BCUT2D eigenvalue weighted by molar-refractivity contribution is -0.112. The molecule has 0 N–H and O–H groups in total. The lowest BCUT2D eigenvalue weighted by atomic mass is 10.1. The number of carbonyl (C=O) groups is 1. The zero-order chi connectivity index (χ0) is 16.5. The van der Waals surface area contributed by atoms with Crippen LogP contribution in [0.1, 0.15) is 24.8 Å². The van der Waals surface area contributed by atoms with Crippen molar-refractivity contribution in [3.05, 3.63) is 65.3 Å². The monoisotopic (exact) mass is 338 g/mol. The van der Waals surface area contributed by atoms with Crippen LogP contribution in [-0.4, -0.2) is 23.9 Å². The van der Waals surface area contributed by atoms with E-state index in [9.17, 15) is 4.79 Å². The minimum Gasteiger partial charge on any atom is -0.377 e. The number of piperidine rings is 1. The van der Waals surface area contributed by atoms with E-state index in [4.69, 9.17) is 11.6 Å². The van der Waals surface area contributed by atoms with Gasteiger partial charge in [0.1, 0.15) is 0 Å². The maximum Gasteiger partial charge on any atom is 0.265 e. The molecule has 2 heterocycles. The molecule has 0 saturated carbocycles. The first kappa shape index (κ1) is 15.3. The number of para-hydroxylation sites is 1. The van der Waals surface area contributed by atoms with Crippen LogP contribution in [0.4, 0.5) is 11.4 Å². The minimum absolute atomic E-state index is 0.0176. The van der Waals surface area contributed by atoms with Crippen molar-refractivity contribution >= 4 is 34.5 Å². The number of benzene rings is 2. The first-order chi connectivity index (χ1) is 11.7. The van der Waals surface area contributed by atoms with Gasteiger partial charge in [0.25, 0.3) is 5.91 Å². The highest BCUT2D eigenvalue weighted by Gasteiger charge is 2.33. The summed E-state index contributed by atoms with van der Waals surface area (Å²) in [5.41, 5.74) is 3.50. The number of likely N-dealkylation sites (tertiary alicyclic amines) is 1. The van der Waals surface area contributed by atoms with E-state index >= 15 is 0 Å². The molecule has 0 atom stereocenters. The molecule has 2 aliphatic rings. The topological polar surface area (TPSA) is 23.6 Å². The fraction of sp³-hybridized carbons (Fsp3) is 0.250. The minimum atomic E-state index is 0.0176. The number of nitrogens with zero attached hydrogens (tertiary/aromatic N) is 2. The molecule has 0 aromatic heterocycles. The second-order valence-electron chi connectivity index (χ2n) is 6.28. The van der Waals surface area contributed by atoms with Crippen LogP contribution in [0.15, 0.2) is 54.7 Å². The van der Waals surface area contributed by atoms with Gasteiger partial charge in [0.2, 0.25) is 0 Å². The third-order valence-electron chi connectivity index (χ3n) is 4.64. The van der Waals surface area contributed by atoms with E-state index in [1.54, 1.807) is 4.90 Å². The van der Waals surface area contributed by atoms with Crippen molar-refractivity contribution in [3.8, 4) is 0 Å². The standard InChI is InChI=1S/C20H19ClN2O/c21-15-7-6-8-16(13-15)23-19-10-3-2-9-17(19)18(20(23)24)14-22-11-4-1-5-12-22/h2-3,6-10,13-14H,1,4-5,11-12H2. The zero-order valence-corrected chi connectivity index (χ0v) is 14.2. The summed E-state index contributed by atoms with van der Waals surface area (Å²) < 4.78 is 0. The van der Waals surface area contributed by atoms with E-state index < -0.39 is 0 Å². The lowest BCUT2D eigenvalue weighted by Gasteiger charge is -2.25. The Balaban J connectivity index is 1.78. The number of carbonyl (C=O) groups excluding carboxylic acids is 1. The highest BCUT2D eigenvalue weighted by atomic mass is 35.5. The van der Waals surface area contributed by atoms with Gasteiger partial charge in [-0.3, -0.25) is 9.69 Å². The molecule has 0 aliphatic carbocycles. The van der Waals surface area contributed by atoms with Crippen LogP contribution < -0.4 is 4.90 Å². The zero-order valence-electron chi connectivity index (χ0n) is 13.4. The lowest BCUT2D eigenvalue weighted by Crippen LogP contribution is -2.26. The van der Waals surface area contributed by atoms with Crippen molar-refractivity contribution in [3.63, 3.8) is 0 Å². The van der Waals surface area contributed by atoms with Crippen LogP contribution in [0.2, 0.25) is 5.02 Å². The van der Waals surface area contributed by atoms with Gasteiger partial charge in [0.15, 0.2) is 0 Å². The third-order valence-corrected chi connectivity index (χ3v) is 4.87. The van der Waals surface area contributed by atoms with Crippen molar-refractivity contribution < 1.29 is 4.79 Å². The first-order valence-corrected chi connectivity index (χ1v) is 8.77. The summed E-state index contributed by atoms with van der Waals surface area (Å²) in [6.07, 6.45) is 5.71. The average Bonchev–Trinajstić information content (AvgIpc) is 2.88. The normalized spacial score (nSPS) is 19.0. The summed E-state index contributed by atoms with van der Waals surface area (Å²) in [5, 5.41) is 0.631. The number of anilines is 2.